The van der Waals surface area contributed by atoms with Crippen molar-refractivity contribution in [3.05, 3.63) is 53.1 Å². The summed E-state index contributed by atoms with van der Waals surface area (Å²) in [7, 11) is 3.67. The van der Waals surface area contributed by atoms with Crippen LogP contribution in [0.25, 0.3) is 0 Å². The molecule has 0 fully saturated rings. The molecule has 0 bridgehead atoms. The van der Waals surface area contributed by atoms with Gasteiger partial charge in [-0.2, -0.15) is 0 Å². The van der Waals surface area contributed by atoms with Gasteiger partial charge in [0.15, 0.2) is 18.0 Å². The van der Waals surface area contributed by atoms with E-state index in [1.165, 1.54) is 5.56 Å². The van der Waals surface area contributed by atoms with Crippen LogP contribution in [0.2, 0.25) is 0 Å². The molecule has 0 aromatic heterocycles. The lowest BCUT2D eigenvalue weighted by Crippen LogP contribution is -3.08. The van der Waals surface area contributed by atoms with E-state index < -0.39 is 0 Å². The molecule has 0 radical (unpaired) electrons. The number of hydrogen-bond acceptors (Lipinski definition) is 4. The highest BCUT2D eigenvalue weighted by Crippen LogP contribution is 2.32. The number of amides is 1. The summed E-state index contributed by atoms with van der Waals surface area (Å²) in [5.41, 5.74) is 3.27. The highest BCUT2D eigenvalue weighted by molar-refractivity contribution is 5.76. The Hall–Kier alpha value is -2.73. The van der Waals surface area contributed by atoms with Crippen molar-refractivity contribution in [3.8, 4) is 17.2 Å². The molecular weight excluding hydrogens is 332 g/mol. The quantitative estimate of drug-likeness (QED) is 0.778. The fraction of sp³-hybridized carbons (Fsp3) is 0.350. The molecule has 26 heavy (non-hydrogen) atoms. The molecule has 6 heteroatoms. The van der Waals surface area contributed by atoms with E-state index in [0.717, 1.165) is 39.8 Å². The third-order valence-electron chi connectivity index (χ3n) is 4.32. The second-order valence-electron chi connectivity index (χ2n) is 6.59. The molecule has 1 unspecified atom stereocenters. The maximum absolute atomic E-state index is 12.3. The van der Waals surface area contributed by atoms with Crippen molar-refractivity contribution in [1.29, 1.82) is 0 Å². The minimum absolute atomic E-state index is 0.00628. The van der Waals surface area contributed by atoms with E-state index in [4.69, 9.17) is 14.2 Å². The smallest absolute Gasteiger partial charge is 0.275 e. The molecule has 1 aliphatic heterocycles. The summed E-state index contributed by atoms with van der Waals surface area (Å²) in [4.78, 5) is 13.3. The van der Waals surface area contributed by atoms with Gasteiger partial charge in [-0.3, -0.25) is 4.79 Å². The number of ether oxygens (including phenoxy) is 3. The Balaban J connectivity index is 1.51. The highest BCUT2D eigenvalue weighted by Gasteiger charge is 2.15. The molecule has 2 N–H and O–H groups in total. The topological polar surface area (TPSA) is 61.2 Å². The van der Waals surface area contributed by atoms with E-state index in [2.05, 4.69) is 18.3 Å². The normalized spacial score (nSPS) is 13.3. The summed E-state index contributed by atoms with van der Waals surface area (Å²) >= 11 is 0. The minimum Gasteiger partial charge on any atom is -0.496 e. The van der Waals surface area contributed by atoms with E-state index in [-0.39, 0.29) is 12.7 Å². The van der Waals surface area contributed by atoms with Crippen molar-refractivity contribution in [1.82, 2.24) is 5.32 Å². The SMILES string of the molecule is COc1ccc(C)cc1C[NH+](C)CC(=O)NCc1ccc2c(c1)OCO2. The lowest BCUT2D eigenvalue weighted by molar-refractivity contribution is -0.885. The Kier molecular flexibility index (Phi) is 5.63. The molecule has 0 saturated heterocycles. The number of likely N-dealkylation sites (N-methyl/N-ethyl adjacent to an activating group) is 1. The molecule has 1 heterocycles. The van der Waals surface area contributed by atoms with E-state index in [1.54, 1.807) is 7.11 Å². The molecule has 2 aromatic rings. The van der Waals surface area contributed by atoms with Crippen LogP contribution in [-0.4, -0.2) is 33.4 Å². The summed E-state index contributed by atoms with van der Waals surface area (Å²) in [5.74, 6) is 2.34. The molecule has 1 amide bonds. The van der Waals surface area contributed by atoms with Crippen molar-refractivity contribution in [2.75, 3.05) is 27.5 Å². The molecule has 1 aliphatic rings. The van der Waals surface area contributed by atoms with Crippen LogP contribution in [0.1, 0.15) is 16.7 Å². The van der Waals surface area contributed by atoms with Crippen LogP contribution in [0.3, 0.4) is 0 Å². The van der Waals surface area contributed by atoms with Gasteiger partial charge < -0.3 is 24.4 Å². The van der Waals surface area contributed by atoms with Crippen molar-refractivity contribution in [3.63, 3.8) is 0 Å². The van der Waals surface area contributed by atoms with Crippen LogP contribution in [0.5, 0.6) is 17.2 Å². The summed E-state index contributed by atoms with van der Waals surface area (Å²) < 4.78 is 16.1. The number of carbonyl (C=O) groups is 1. The molecule has 2 aromatic carbocycles. The van der Waals surface area contributed by atoms with Gasteiger partial charge in [0, 0.05) is 12.1 Å². The zero-order valence-electron chi connectivity index (χ0n) is 15.4. The monoisotopic (exact) mass is 357 g/mol. The molecule has 6 nitrogen and oxygen atoms in total. The van der Waals surface area contributed by atoms with E-state index in [9.17, 15) is 4.79 Å². The first kappa shape index (κ1) is 18.1. The van der Waals surface area contributed by atoms with E-state index in [0.29, 0.717) is 13.1 Å². The maximum Gasteiger partial charge on any atom is 0.275 e. The van der Waals surface area contributed by atoms with Gasteiger partial charge in [0.05, 0.1) is 14.2 Å². The standard InChI is InChI=1S/C20H24N2O4/c1-14-4-6-17(24-3)16(8-14)11-22(2)12-20(23)21-10-15-5-7-18-19(9-15)26-13-25-18/h4-9H,10-13H2,1-3H3,(H,21,23)/p+1. The minimum atomic E-state index is 0.00628. The van der Waals surface area contributed by atoms with E-state index >= 15 is 0 Å². The molecule has 1 atom stereocenters. The van der Waals surface area contributed by atoms with Crippen molar-refractivity contribution >= 4 is 5.91 Å². The van der Waals surface area contributed by atoms with Crippen molar-refractivity contribution < 1.29 is 23.9 Å². The first-order chi connectivity index (χ1) is 12.5. The highest BCUT2D eigenvalue weighted by atomic mass is 16.7. The number of methoxy groups -OCH3 is 1. The summed E-state index contributed by atoms with van der Waals surface area (Å²) in [6.07, 6.45) is 0. The summed E-state index contributed by atoms with van der Waals surface area (Å²) in [6.45, 7) is 3.89. The first-order valence-electron chi connectivity index (χ1n) is 8.65. The lowest BCUT2D eigenvalue weighted by Gasteiger charge is -2.16. The number of hydrogen-bond donors (Lipinski definition) is 2. The number of nitrogens with one attached hydrogen (secondary N) is 2. The van der Waals surface area contributed by atoms with Gasteiger partial charge >= 0.3 is 0 Å². The van der Waals surface area contributed by atoms with Gasteiger partial charge in [-0.05, 0) is 36.8 Å². The van der Waals surface area contributed by atoms with Crippen LogP contribution in [0.15, 0.2) is 36.4 Å². The molecular formula is C20H25N2O4+. The predicted molar refractivity (Wildman–Crippen MR) is 97.6 cm³/mol. The number of benzene rings is 2. The largest absolute Gasteiger partial charge is 0.496 e. The number of rotatable bonds is 7. The van der Waals surface area contributed by atoms with Gasteiger partial charge in [0.2, 0.25) is 6.79 Å². The van der Waals surface area contributed by atoms with Gasteiger partial charge in [0.1, 0.15) is 12.3 Å². The second kappa shape index (κ2) is 8.10. The molecule has 138 valence electrons. The van der Waals surface area contributed by atoms with Crippen LogP contribution in [-0.2, 0) is 17.9 Å². The summed E-state index contributed by atoms with van der Waals surface area (Å²) in [6, 6.07) is 11.8. The summed E-state index contributed by atoms with van der Waals surface area (Å²) in [5, 5.41) is 2.96. The van der Waals surface area contributed by atoms with Gasteiger partial charge in [-0.1, -0.05) is 17.7 Å². The molecule has 0 aliphatic carbocycles. The second-order valence-corrected chi connectivity index (χ2v) is 6.59. The molecule has 0 saturated carbocycles. The number of aryl methyl sites for hydroxylation is 1. The van der Waals surface area contributed by atoms with Crippen LogP contribution >= 0.6 is 0 Å². The Labute approximate surface area is 153 Å². The Bertz CT molecular complexity index is 791. The molecule has 0 spiro atoms. The van der Waals surface area contributed by atoms with Crippen LogP contribution < -0.4 is 24.4 Å². The maximum atomic E-state index is 12.3. The van der Waals surface area contributed by atoms with Gasteiger partial charge in [0.25, 0.3) is 5.91 Å². The predicted octanol–water partition coefficient (Wildman–Crippen LogP) is 1.06. The van der Waals surface area contributed by atoms with Crippen molar-refractivity contribution in [2.24, 2.45) is 0 Å². The van der Waals surface area contributed by atoms with Crippen LogP contribution in [0.4, 0.5) is 0 Å². The third kappa shape index (κ3) is 4.46. The number of carbonyl (C=O) groups excluding carboxylic acids is 1. The third-order valence-corrected chi connectivity index (χ3v) is 4.32. The molecule has 3 rings (SSSR count). The van der Waals surface area contributed by atoms with Gasteiger partial charge in [-0.15, -0.1) is 0 Å². The number of quaternary nitrogens is 1. The Morgan fingerprint density at radius 1 is 1.19 bits per heavy atom. The average molecular weight is 357 g/mol. The zero-order valence-corrected chi connectivity index (χ0v) is 15.4. The Morgan fingerprint density at radius 3 is 2.81 bits per heavy atom. The van der Waals surface area contributed by atoms with E-state index in [1.807, 2.05) is 37.4 Å². The van der Waals surface area contributed by atoms with Gasteiger partial charge in [-0.25, -0.2) is 0 Å². The number of fused-ring (bicyclic) bond motifs is 1. The zero-order chi connectivity index (χ0) is 18.5. The fourth-order valence-corrected chi connectivity index (χ4v) is 3.02. The van der Waals surface area contributed by atoms with Crippen LogP contribution in [0, 0.1) is 6.92 Å². The fourth-order valence-electron chi connectivity index (χ4n) is 3.02. The van der Waals surface area contributed by atoms with Crippen molar-refractivity contribution in [2.45, 2.75) is 20.0 Å². The average Bonchev–Trinajstić information content (AvgIpc) is 3.08. The Morgan fingerprint density at radius 2 is 2.00 bits per heavy atom. The first-order valence-corrected chi connectivity index (χ1v) is 8.65. The lowest BCUT2D eigenvalue weighted by atomic mass is 10.1.